The molecule has 1 aliphatic rings. The summed E-state index contributed by atoms with van der Waals surface area (Å²) in [5.74, 6) is -0.0361. The number of carbonyl (C=O) groups excluding carboxylic acids is 2. The first-order chi connectivity index (χ1) is 12.1. The molecule has 0 aromatic heterocycles. The molecule has 138 valence electrons. The van der Waals surface area contributed by atoms with Gasteiger partial charge in [-0.1, -0.05) is 30.3 Å². The third-order valence-electron chi connectivity index (χ3n) is 4.44. The highest BCUT2D eigenvalue weighted by Gasteiger charge is 2.25. The van der Waals surface area contributed by atoms with Crippen molar-refractivity contribution in [2.45, 2.75) is 39.3 Å². The van der Waals surface area contributed by atoms with Gasteiger partial charge in [0.15, 0.2) is 0 Å². The molecule has 1 aliphatic heterocycles. The van der Waals surface area contributed by atoms with E-state index in [0.29, 0.717) is 13.1 Å². The first kappa shape index (κ1) is 19.2. The molecule has 1 unspecified atom stereocenters. The van der Waals surface area contributed by atoms with Crippen molar-refractivity contribution in [3.05, 3.63) is 35.9 Å². The van der Waals surface area contributed by atoms with E-state index in [1.807, 2.05) is 11.0 Å². The van der Waals surface area contributed by atoms with Gasteiger partial charge < -0.3 is 15.5 Å². The second kappa shape index (κ2) is 10.0. The van der Waals surface area contributed by atoms with Crippen LogP contribution in [0.3, 0.4) is 0 Å². The van der Waals surface area contributed by atoms with Crippen LogP contribution in [0.5, 0.6) is 0 Å². The maximum atomic E-state index is 12.4. The predicted molar refractivity (Wildman–Crippen MR) is 99.2 cm³/mol. The van der Waals surface area contributed by atoms with Crippen molar-refractivity contribution >= 4 is 11.9 Å². The van der Waals surface area contributed by atoms with Gasteiger partial charge in [0.05, 0.1) is 0 Å². The lowest BCUT2D eigenvalue weighted by atomic mass is 10.2. The van der Waals surface area contributed by atoms with Crippen molar-refractivity contribution in [1.29, 1.82) is 0 Å². The molecule has 0 radical (unpaired) electrons. The summed E-state index contributed by atoms with van der Waals surface area (Å²) in [6.45, 7) is 8.38. The van der Waals surface area contributed by atoms with Crippen LogP contribution in [-0.4, -0.2) is 60.5 Å². The number of urea groups is 1. The van der Waals surface area contributed by atoms with Crippen LogP contribution in [0.2, 0.25) is 0 Å². The number of nitrogens with one attached hydrogen (secondary N) is 2. The quantitative estimate of drug-likeness (QED) is 0.772. The fourth-order valence-electron chi connectivity index (χ4n) is 3.19. The number of hydrogen-bond acceptors (Lipinski definition) is 3. The van der Waals surface area contributed by atoms with Gasteiger partial charge in [-0.15, -0.1) is 0 Å². The Labute approximate surface area is 150 Å². The smallest absolute Gasteiger partial charge is 0.317 e. The maximum absolute atomic E-state index is 12.4. The first-order valence-electron chi connectivity index (χ1n) is 9.11. The van der Waals surface area contributed by atoms with E-state index in [1.165, 1.54) is 12.5 Å². The molecule has 0 aliphatic carbocycles. The van der Waals surface area contributed by atoms with Gasteiger partial charge >= 0.3 is 6.03 Å². The van der Waals surface area contributed by atoms with Crippen molar-refractivity contribution in [2.24, 2.45) is 0 Å². The second-order valence-electron chi connectivity index (χ2n) is 6.69. The molecule has 6 heteroatoms. The number of rotatable bonds is 6. The first-order valence-corrected chi connectivity index (χ1v) is 9.11. The summed E-state index contributed by atoms with van der Waals surface area (Å²) in [4.78, 5) is 27.6. The van der Waals surface area contributed by atoms with E-state index >= 15 is 0 Å². The highest BCUT2D eigenvalue weighted by molar-refractivity contribution is 5.74. The molecule has 1 saturated heterocycles. The van der Waals surface area contributed by atoms with Crippen LogP contribution < -0.4 is 10.6 Å². The van der Waals surface area contributed by atoms with E-state index in [1.54, 1.807) is 0 Å². The van der Waals surface area contributed by atoms with Crippen molar-refractivity contribution < 1.29 is 9.59 Å². The predicted octanol–water partition coefficient (Wildman–Crippen LogP) is 1.82. The van der Waals surface area contributed by atoms with E-state index < -0.39 is 0 Å². The highest BCUT2D eigenvalue weighted by atomic mass is 16.2. The van der Waals surface area contributed by atoms with Crippen molar-refractivity contribution in [2.75, 3.05) is 32.7 Å². The molecule has 2 N–H and O–H groups in total. The molecule has 1 aromatic rings. The number of carbonyl (C=O) groups is 2. The van der Waals surface area contributed by atoms with Crippen molar-refractivity contribution in [1.82, 2.24) is 20.4 Å². The molecule has 25 heavy (non-hydrogen) atoms. The van der Waals surface area contributed by atoms with E-state index in [-0.39, 0.29) is 18.0 Å². The molecular formula is C19H30N4O2. The van der Waals surface area contributed by atoms with Gasteiger partial charge in [0.1, 0.15) is 0 Å². The highest BCUT2D eigenvalue weighted by Crippen LogP contribution is 2.13. The minimum Gasteiger partial charge on any atom is -0.356 e. The van der Waals surface area contributed by atoms with E-state index in [2.05, 4.69) is 46.7 Å². The summed E-state index contributed by atoms with van der Waals surface area (Å²) in [6.07, 6.45) is 1.73. The van der Waals surface area contributed by atoms with Gasteiger partial charge in [-0.2, -0.15) is 0 Å². The normalized spacial score (nSPS) is 18.5. The molecule has 0 bridgehead atoms. The zero-order chi connectivity index (χ0) is 18.1. The molecule has 2 rings (SSSR count). The van der Waals surface area contributed by atoms with Gasteiger partial charge in [-0.05, 0) is 25.3 Å². The van der Waals surface area contributed by atoms with Crippen LogP contribution in [-0.2, 0) is 11.3 Å². The molecule has 3 amide bonds. The monoisotopic (exact) mass is 346 g/mol. The fourth-order valence-corrected chi connectivity index (χ4v) is 3.19. The molecule has 1 fully saturated rings. The maximum Gasteiger partial charge on any atom is 0.317 e. The molecule has 6 nitrogen and oxygen atoms in total. The largest absolute Gasteiger partial charge is 0.356 e. The van der Waals surface area contributed by atoms with Crippen LogP contribution in [0.25, 0.3) is 0 Å². The Morgan fingerprint density at radius 2 is 1.84 bits per heavy atom. The molecule has 1 atom stereocenters. The second-order valence-corrected chi connectivity index (χ2v) is 6.69. The van der Waals surface area contributed by atoms with Crippen molar-refractivity contribution in [3.8, 4) is 0 Å². The van der Waals surface area contributed by atoms with Gasteiger partial charge in [0.25, 0.3) is 0 Å². The molecule has 0 saturated carbocycles. The molecule has 0 spiro atoms. The zero-order valence-electron chi connectivity index (χ0n) is 15.3. The minimum atomic E-state index is -0.0361. The summed E-state index contributed by atoms with van der Waals surface area (Å²) in [5, 5.41) is 5.70. The summed E-state index contributed by atoms with van der Waals surface area (Å²) in [5.41, 5.74) is 1.31. The van der Waals surface area contributed by atoms with E-state index in [4.69, 9.17) is 0 Å². The number of hydrogen-bond donors (Lipinski definition) is 2. The standard InChI is InChI=1S/C19H30N4O2/c1-16-14-22(15-18-8-4-3-5-9-18)12-7-13-23(16)19(25)21-11-6-10-20-17(2)24/h3-5,8-9,16H,6-7,10-15H2,1-2H3,(H,20,24)(H,21,25). The average molecular weight is 346 g/mol. The van der Waals surface area contributed by atoms with E-state index in [0.717, 1.165) is 39.0 Å². The Bertz CT molecular complexity index is 550. The SMILES string of the molecule is CC(=O)NCCCNC(=O)N1CCCN(Cc2ccccc2)CC1C. The Morgan fingerprint density at radius 1 is 1.12 bits per heavy atom. The van der Waals surface area contributed by atoms with Gasteiger partial charge in [0, 0.05) is 52.2 Å². The topological polar surface area (TPSA) is 64.7 Å². The average Bonchev–Trinajstić information content (AvgIpc) is 2.76. The third kappa shape index (κ3) is 6.74. The van der Waals surface area contributed by atoms with Crippen LogP contribution >= 0.6 is 0 Å². The summed E-state index contributed by atoms with van der Waals surface area (Å²) >= 11 is 0. The lowest BCUT2D eigenvalue weighted by Gasteiger charge is -2.29. The summed E-state index contributed by atoms with van der Waals surface area (Å²) < 4.78 is 0. The van der Waals surface area contributed by atoms with Gasteiger partial charge in [-0.3, -0.25) is 9.69 Å². The number of benzene rings is 1. The van der Waals surface area contributed by atoms with Crippen molar-refractivity contribution in [3.63, 3.8) is 0 Å². The molecule has 1 aromatic carbocycles. The fraction of sp³-hybridized carbons (Fsp3) is 0.579. The number of nitrogens with zero attached hydrogens (tertiary/aromatic N) is 2. The van der Waals surface area contributed by atoms with Crippen LogP contribution in [0.15, 0.2) is 30.3 Å². The lowest BCUT2D eigenvalue weighted by molar-refractivity contribution is -0.118. The molecular weight excluding hydrogens is 316 g/mol. The summed E-state index contributed by atoms with van der Waals surface area (Å²) in [7, 11) is 0. The third-order valence-corrected chi connectivity index (χ3v) is 4.44. The van der Waals surface area contributed by atoms with Crippen LogP contribution in [0.1, 0.15) is 32.3 Å². The summed E-state index contributed by atoms with van der Waals surface area (Å²) in [6, 6.07) is 10.6. The lowest BCUT2D eigenvalue weighted by Crippen LogP contribution is -2.47. The van der Waals surface area contributed by atoms with Gasteiger partial charge in [-0.25, -0.2) is 4.79 Å². The van der Waals surface area contributed by atoms with Gasteiger partial charge in [0.2, 0.25) is 5.91 Å². The van der Waals surface area contributed by atoms with Crippen LogP contribution in [0.4, 0.5) is 4.79 Å². The van der Waals surface area contributed by atoms with Crippen LogP contribution in [0, 0.1) is 0 Å². The Kier molecular flexibility index (Phi) is 7.73. The zero-order valence-corrected chi connectivity index (χ0v) is 15.3. The van der Waals surface area contributed by atoms with E-state index in [9.17, 15) is 9.59 Å². The number of amides is 3. The Morgan fingerprint density at radius 3 is 2.56 bits per heavy atom. The molecule has 1 heterocycles. The Hall–Kier alpha value is -2.08. The Balaban J connectivity index is 1.77. The minimum absolute atomic E-state index is 0.00288.